The van der Waals surface area contributed by atoms with E-state index >= 15 is 0 Å². The van der Waals surface area contributed by atoms with Crippen LogP contribution in [0.1, 0.15) is 26.3 Å². The summed E-state index contributed by atoms with van der Waals surface area (Å²) in [5, 5.41) is 0. The van der Waals surface area contributed by atoms with Crippen LogP contribution in [0.2, 0.25) is 0 Å². The Morgan fingerprint density at radius 1 is 1.15 bits per heavy atom. The number of hydrogen-bond acceptors (Lipinski definition) is 1. The van der Waals surface area contributed by atoms with Crippen molar-refractivity contribution in [3.8, 4) is 0 Å². The second-order valence-electron chi connectivity index (χ2n) is 4.59. The van der Waals surface area contributed by atoms with Crippen molar-refractivity contribution >= 4 is 33.5 Å². The number of Topliss-reactive ketones (excluding diaryl/α,β-unsaturated/α-hetero) is 1. The molecular formula is C17H10BrNO. The predicted octanol–water partition coefficient (Wildman–Crippen LogP) is 4.95. The SMILES string of the molecule is [C-]#[N+]c1ccc2c(c1)C(Br)/C(=C\c1ccccc1)C2=O. The van der Waals surface area contributed by atoms with Crippen LogP contribution in [0.4, 0.5) is 5.69 Å². The molecule has 0 saturated heterocycles. The first-order valence-electron chi connectivity index (χ1n) is 6.17. The maximum atomic E-state index is 12.4. The summed E-state index contributed by atoms with van der Waals surface area (Å²) in [4.78, 5) is 15.7. The van der Waals surface area contributed by atoms with Gasteiger partial charge < -0.3 is 0 Å². The van der Waals surface area contributed by atoms with E-state index in [1.54, 1.807) is 18.2 Å². The van der Waals surface area contributed by atoms with Crippen molar-refractivity contribution in [2.24, 2.45) is 0 Å². The fraction of sp³-hybridized carbons (Fsp3) is 0.0588. The van der Waals surface area contributed by atoms with Gasteiger partial charge in [0, 0.05) is 11.1 Å². The van der Waals surface area contributed by atoms with E-state index in [4.69, 9.17) is 6.57 Å². The lowest BCUT2D eigenvalue weighted by atomic mass is 10.1. The van der Waals surface area contributed by atoms with Gasteiger partial charge in [0.1, 0.15) is 0 Å². The average Bonchev–Trinajstić information content (AvgIpc) is 2.73. The minimum atomic E-state index is -0.146. The van der Waals surface area contributed by atoms with Crippen molar-refractivity contribution in [2.75, 3.05) is 0 Å². The van der Waals surface area contributed by atoms with Gasteiger partial charge in [0.25, 0.3) is 0 Å². The first-order valence-corrected chi connectivity index (χ1v) is 7.09. The molecule has 1 unspecified atom stereocenters. The lowest BCUT2D eigenvalue weighted by Crippen LogP contribution is -1.95. The Kier molecular flexibility index (Phi) is 3.25. The summed E-state index contributed by atoms with van der Waals surface area (Å²) in [6.07, 6.45) is 1.90. The molecule has 0 saturated carbocycles. The van der Waals surface area contributed by atoms with Gasteiger partial charge >= 0.3 is 0 Å². The molecule has 3 rings (SSSR count). The van der Waals surface area contributed by atoms with Gasteiger partial charge in [-0.1, -0.05) is 64.5 Å². The van der Waals surface area contributed by atoms with E-state index in [1.807, 2.05) is 36.4 Å². The van der Waals surface area contributed by atoms with Crippen LogP contribution in [0.15, 0.2) is 54.1 Å². The van der Waals surface area contributed by atoms with Gasteiger partial charge in [-0.15, -0.1) is 0 Å². The molecule has 0 bridgehead atoms. The van der Waals surface area contributed by atoms with Gasteiger partial charge in [0.2, 0.25) is 0 Å². The fourth-order valence-corrected chi connectivity index (χ4v) is 3.06. The Morgan fingerprint density at radius 2 is 1.90 bits per heavy atom. The van der Waals surface area contributed by atoms with Gasteiger partial charge in [-0.2, -0.15) is 0 Å². The molecule has 20 heavy (non-hydrogen) atoms. The highest BCUT2D eigenvalue weighted by molar-refractivity contribution is 9.09. The van der Waals surface area contributed by atoms with Gasteiger partial charge in [0.05, 0.1) is 11.4 Å². The number of hydrogen-bond donors (Lipinski definition) is 0. The molecule has 0 radical (unpaired) electrons. The third-order valence-electron chi connectivity index (χ3n) is 3.34. The molecule has 0 N–H and O–H groups in total. The Labute approximate surface area is 125 Å². The second kappa shape index (κ2) is 5.07. The first-order chi connectivity index (χ1) is 9.70. The number of fused-ring (bicyclic) bond motifs is 1. The molecule has 0 aliphatic heterocycles. The van der Waals surface area contributed by atoms with Crippen LogP contribution in [-0.4, -0.2) is 5.78 Å². The van der Waals surface area contributed by atoms with E-state index in [1.165, 1.54) is 0 Å². The molecule has 2 aromatic rings. The summed E-state index contributed by atoms with van der Waals surface area (Å²) in [7, 11) is 0. The van der Waals surface area contributed by atoms with E-state index in [0.29, 0.717) is 16.8 Å². The third-order valence-corrected chi connectivity index (χ3v) is 4.33. The minimum Gasteiger partial charge on any atom is -0.289 e. The molecule has 1 aliphatic rings. The first kappa shape index (κ1) is 12.8. The zero-order valence-electron chi connectivity index (χ0n) is 10.5. The van der Waals surface area contributed by atoms with Crippen LogP contribution in [-0.2, 0) is 0 Å². The Morgan fingerprint density at radius 3 is 2.60 bits per heavy atom. The standard InChI is InChI=1S/C17H10BrNO/c1-19-12-7-8-13-14(10-12)16(18)15(17(13)20)9-11-5-3-2-4-6-11/h2-10,16H/b15-9+. The van der Waals surface area contributed by atoms with Gasteiger partial charge in [-0.25, -0.2) is 4.85 Å². The summed E-state index contributed by atoms with van der Waals surface area (Å²) >= 11 is 3.57. The molecule has 0 spiro atoms. The lowest BCUT2D eigenvalue weighted by Gasteiger charge is -2.04. The molecular weight excluding hydrogens is 314 g/mol. The molecule has 3 heteroatoms. The Bertz CT molecular complexity index is 756. The average molecular weight is 324 g/mol. The van der Waals surface area contributed by atoms with E-state index in [2.05, 4.69) is 20.8 Å². The highest BCUT2D eigenvalue weighted by Crippen LogP contribution is 2.43. The van der Waals surface area contributed by atoms with Crippen molar-refractivity contribution in [1.82, 2.24) is 0 Å². The van der Waals surface area contributed by atoms with E-state index in [-0.39, 0.29) is 10.6 Å². The molecule has 0 aromatic heterocycles. The molecule has 0 heterocycles. The van der Waals surface area contributed by atoms with Crippen molar-refractivity contribution in [3.63, 3.8) is 0 Å². The van der Waals surface area contributed by atoms with Gasteiger partial charge in [-0.05, 0) is 17.2 Å². The van der Waals surface area contributed by atoms with Crippen LogP contribution in [0.5, 0.6) is 0 Å². The molecule has 0 fully saturated rings. The zero-order chi connectivity index (χ0) is 14.1. The molecule has 96 valence electrons. The van der Waals surface area contributed by atoms with Gasteiger partial charge in [-0.3, -0.25) is 4.79 Å². The molecule has 2 aromatic carbocycles. The smallest absolute Gasteiger partial charge is 0.190 e. The fourth-order valence-electron chi connectivity index (χ4n) is 2.34. The second-order valence-corrected chi connectivity index (χ2v) is 5.50. The summed E-state index contributed by atoms with van der Waals surface area (Å²) < 4.78 is 0. The molecule has 2 nitrogen and oxygen atoms in total. The van der Waals surface area contributed by atoms with E-state index in [9.17, 15) is 4.79 Å². The monoisotopic (exact) mass is 323 g/mol. The summed E-state index contributed by atoms with van der Waals surface area (Å²) in [5.74, 6) is 0.0299. The Balaban J connectivity index is 2.08. The highest BCUT2D eigenvalue weighted by Gasteiger charge is 2.32. The largest absolute Gasteiger partial charge is 0.289 e. The quantitative estimate of drug-likeness (QED) is 0.413. The van der Waals surface area contributed by atoms with Crippen LogP contribution >= 0.6 is 15.9 Å². The summed E-state index contributed by atoms with van der Waals surface area (Å²) in [6.45, 7) is 7.06. The van der Waals surface area contributed by atoms with E-state index < -0.39 is 0 Å². The molecule has 0 amide bonds. The lowest BCUT2D eigenvalue weighted by molar-refractivity contribution is 0.104. The number of carbonyl (C=O) groups is 1. The number of benzene rings is 2. The minimum absolute atomic E-state index is 0.0299. The maximum Gasteiger partial charge on any atom is 0.190 e. The van der Waals surface area contributed by atoms with Crippen molar-refractivity contribution in [2.45, 2.75) is 4.83 Å². The Hall–Kier alpha value is -2.18. The normalized spacial score (nSPS) is 18.9. The van der Waals surface area contributed by atoms with Gasteiger partial charge in [0.15, 0.2) is 11.5 Å². The number of allylic oxidation sites excluding steroid dienone is 1. The van der Waals surface area contributed by atoms with E-state index in [0.717, 1.165) is 11.1 Å². The number of alkyl halides is 1. The summed E-state index contributed by atoms with van der Waals surface area (Å²) in [6, 6.07) is 15.0. The zero-order valence-corrected chi connectivity index (χ0v) is 12.1. The van der Waals surface area contributed by atoms with Crippen molar-refractivity contribution < 1.29 is 4.79 Å². The third kappa shape index (κ3) is 2.09. The molecule has 1 atom stereocenters. The van der Waals surface area contributed by atoms with Crippen LogP contribution in [0.3, 0.4) is 0 Å². The number of rotatable bonds is 1. The number of ketones is 1. The van der Waals surface area contributed by atoms with Crippen molar-refractivity contribution in [1.29, 1.82) is 0 Å². The van der Waals surface area contributed by atoms with Crippen LogP contribution in [0, 0.1) is 6.57 Å². The summed E-state index contributed by atoms with van der Waals surface area (Å²) in [5.41, 5.74) is 3.83. The number of halogens is 1. The number of nitrogens with zero attached hydrogens (tertiary/aromatic N) is 1. The van der Waals surface area contributed by atoms with Crippen LogP contribution < -0.4 is 0 Å². The predicted molar refractivity (Wildman–Crippen MR) is 83.1 cm³/mol. The molecule has 1 aliphatic carbocycles. The van der Waals surface area contributed by atoms with Crippen LogP contribution in [0.25, 0.3) is 10.9 Å². The number of carbonyl (C=O) groups excluding carboxylic acids is 1. The topological polar surface area (TPSA) is 21.4 Å². The maximum absolute atomic E-state index is 12.4. The highest BCUT2D eigenvalue weighted by atomic mass is 79.9. The van der Waals surface area contributed by atoms with Crippen molar-refractivity contribution in [3.05, 3.63) is 82.2 Å².